The van der Waals surface area contributed by atoms with Gasteiger partial charge in [-0.2, -0.15) is 0 Å². The molecular formula is C37H67NO13. The predicted octanol–water partition coefficient (Wildman–Crippen LogP) is 1.79. The first-order valence-electron chi connectivity index (χ1n) is 18.5. The fourth-order valence-electron chi connectivity index (χ4n) is 8.41. The van der Waals surface area contributed by atoms with Gasteiger partial charge in [0.2, 0.25) is 0 Å². The summed E-state index contributed by atoms with van der Waals surface area (Å²) in [6.45, 7) is 16.3. The van der Waals surface area contributed by atoms with Crippen molar-refractivity contribution in [2.75, 3.05) is 21.2 Å². The summed E-state index contributed by atoms with van der Waals surface area (Å²) >= 11 is 0. The summed E-state index contributed by atoms with van der Waals surface area (Å²) < 4.78 is 37.1. The number of aliphatic hydroxyl groups excluding tert-OH is 3. The second kappa shape index (κ2) is 17.0. The van der Waals surface area contributed by atoms with Gasteiger partial charge in [0.15, 0.2) is 12.6 Å². The van der Waals surface area contributed by atoms with Crippen LogP contribution in [-0.2, 0) is 38.0 Å². The third-order valence-corrected chi connectivity index (χ3v) is 11.8. The summed E-state index contributed by atoms with van der Waals surface area (Å²) in [4.78, 5) is 29.8. The molecule has 0 radical (unpaired) electrons. The van der Waals surface area contributed by atoms with Crippen LogP contribution in [0, 0.1) is 23.7 Å². The summed E-state index contributed by atoms with van der Waals surface area (Å²) in [6, 6.07) is -0.324. The SMILES string of the molecule is CC[C@H]1OC(=O)[C@H](C)[C@@H](OC2CC(C)(OC)C(O)C(C)O2)[C@H](C)[C@@H](OC2OC(C)CC(N(C)C)C2O)[C@](C)(O)C[C@@H](C)C(=O)[C@H](C)[C@@H](O)[C@]1(C)O. The van der Waals surface area contributed by atoms with Crippen molar-refractivity contribution in [1.82, 2.24) is 4.90 Å². The molecule has 3 heterocycles. The zero-order chi connectivity index (χ0) is 39.0. The maximum absolute atomic E-state index is 14.1. The van der Waals surface area contributed by atoms with Gasteiger partial charge in [0.25, 0.3) is 0 Å². The van der Waals surface area contributed by atoms with Crippen molar-refractivity contribution < 1.29 is 63.5 Å². The van der Waals surface area contributed by atoms with Crippen LogP contribution in [0.2, 0.25) is 0 Å². The van der Waals surface area contributed by atoms with Gasteiger partial charge in [-0.05, 0) is 74.9 Å². The second-order valence-electron chi connectivity index (χ2n) is 16.5. The van der Waals surface area contributed by atoms with Crippen LogP contribution in [0.25, 0.3) is 0 Å². The third kappa shape index (κ3) is 9.51. The lowest BCUT2D eigenvalue weighted by molar-refractivity contribution is -0.318. The molecule has 18 atom stereocenters. The molecule has 14 heteroatoms. The lowest BCUT2D eigenvalue weighted by atomic mass is 9.74. The molecule has 3 saturated heterocycles. The van der Waals surface area contributed by atoms with E-state index >= 15 is 0 Å². The van der Waals surface area contributed by atoms with Gasteiger partial charge in [0.05, 0.1) is 47.6 Å². The summed E-state index contributed by atoms with van der Waals surface area (Å²) in [5.41, 5.74) is -4.84. The number of hydrogen-bond acceptors (Lipinski definition) is 14. The zero-order valence-corrected chi connectivity index (χ0v) is 32.9. The first kappa shape index (κ1) is 44.1. The number of methoxy groups -OCH3 is 1. The van der Waals surface area contributed by atoms with Crippen LogP contribution in [0.15, 0.2) is 0 Å². The van der Waals surface area contributed by atoms with Crippen molar-refractivity contribution in [2.24, 2.45) is 23.7 Å². The molecule has 5 N–H and O–H groups in total. The molecular weight excluding hydrogens is 666 g/mol. The molecule has 3 aliphatic rings. The Morgan fingerprint density at radius 3 is 2.04 bits per heavy atom. The highest BCUT2D eigenvalue weighted by atomic mass is 16.7. The van der Waals surface area contributed by atoms with E-state index in [1.807, 2.05) is 25.9 Å². The zero-order valence-electron chi connectivity index (χ0n) is 32.9. The Morgan fingerprint density at radius 1 is 0.882 bits per heavy atom. The molecule has 0 spiro atoms. The molecule has 298 valence electrons. The number of cyclic esters (lactones) is 1. The highest BCUT2D eigenvalue weighted by Crippen LogP contribution is 2.40. The van der Waals surface area contributed by atoms with Gasteiger partial charge in [-0.3, -0.25) is 9.59 Å². The molecule has 3 rings (SSSR count). The van der Waals surface area contributed by atoms with Crippen molar-refractivity contribution in [2.45, 2.75) is 179 Å². The van der Waals surface area contributed by atoms with Gasteiger partial charge >= 0.3 is 5.97 Å². The van der Waals surface area contributed by atoms with Crippen molar-refractivity contribution in [3.05, 3.63) is 0 Å². The van der Waals surface area contributed by atoms with Crippen LogP contribution in [-0.4, -0.2) is 148 Å². The molecule has 3 fully saturated rings. The number of aliphatic hydroxyl groups is 5. The fraction of sp³-hybridized carbons (Fsp3) is 0.946. The number of hydrogen-bond donors (Lipinski definition) is 5. The lowest BCUT2D eigenvalue weighted by Crippen LogP contribution is -2.61. The summed E-state index contributed by atoms with van der Waals surface area (Å²) in [5, 5.41) is 57.6. The van der Waals surface area contributed by atoms with Crippen molar-refractivity contribution in [1.29, 1.82) is 0 Å². The van der Waals surface area contributed by atoms with E-state index in [-0.39, 0.29) is 31.4 Å². The number of carbonyl (C=O) groups is 2. The van der Waals surface area contributed by atoms with Gasteiger partial charge in [-0.25, -0.2) is 0 Å². The lowest BCUT2D eigenvalue weighted by Gasteiger charge is -2.49. The van der Waals surface area contributed by atoms with Gasteiger partial charge in [-0.1, -0.05) is 27.7 Å². The van der Waals surface area contributed by atoms with E-state index in [2.05, 4.69) is 0 Å². The Labute approximate surface area is 304 Å². The smallest absolute Gasteiger partial charge is 0.311 e. The first-order valence-corrected chi connectivity index (χ1v) is 18.5. The van der Waals surface area contributed by atoms with E-state index in [0.29, 0.717) is 6.42 Å². The third-order valence-electron chi connectivity index (χ3n) is 11.8. The van der Waals surface area contributed by atoms with Crippen molar-refractivity contribution >= 4 is 11.8 Å². The number of ether oxygens (including phenoxy) is 6. The molecule has 14 nitrogen and oxygen atoms in total. The summed E-state index contributed by atoms with van der Waals surface area (Å²) in [7, 11) is 5.18. The van der Waals surface area contributed by atoms with Crippen LogP contribution in [0.4, 0.5) is 0 Å². The standard InChI is InChI=1S/C37H67NO13/c1-14-25-37(10,45)30(41)20(4)27(39)18(2)16-35(8,44)32(51-34-28(40)24(38(11)12)15-19(3)47-34)21(5)29(22(6)33(43)49-25)50-26-17-36(9,46-13)31(42)23(7)48-26/h18-26,28-32,34,40-42,44-45H,14-17H2,1-13H3/t18-,19?,20+,21+,22-,23?,24?,25-,26?,28?,29+,30-,31?,32-,34?,35-,36?,37-/m1/s1. The highest BCUT2D eigenvalue weighted by Gasteiger charge is 2.53. The van der Waals surface area contributed by atoms with E-state index < -0.39 is 108 Å². The average Bonchev–Trinajstić information content (AvgIpc) is 3.05. The molecule has 0 aromatic carbocycles. The van der Waals surface area contributed by atoms with E-state index in [4.69, 9.17) is 28.4 Å². The van der Waals surface area contributed by atoms with Crippen LogP contribution in [0.5, 0.6) is 0 Å². The number of rotatable bonds is 7. The summed E-state index contributed by atoms with van der Waals surface area (Å²) in [6.07, 6.45) is -9.71. The van der Waals surface area contributed by atoms with E-state index in [1.165, 1.54) is 27.9 Å². The molecule has 0 aliphatic carbocycles. The Hall–Kier alpha value is -1.30. The fourth-order valence-corrected chi connectivity index (χ4v) is 8.41. The Bertz CT molecular complexity index is 1170. The number of nitrogens with zero attached hydrogens (tertiary/aromatic N) is 1. The van der Waals surface area contributed by atoms with E-state index in [9.17, 15) is 35.1 Å². The maximum atomic E-state index is 14.1. The second-order valence-corrected chi connectivity index (χ2v) is 16.5. The van der Waals surface area contributed by atoms with Crippen LogP contribution in [0.1, 0.15) is 94.9 Å². The minimum absolute atomic E-state index is 0.0936. The molecule has 8 unspecified atom stereocenters. The Kier molecular flexibility index (Phi) is 14.7. The monoisotopic (exact) mass is 733 g/mol. The normalized spacial score (nSPS) is 49.7. The van der Waals surface area contributed by atoms with Gasteiger partial charge < -0.3 is 58.9 Å². The minimum Gasteiger partial charge on any atom is -0.459 e. The van der Waals surface area contributed by atoms with Crippen molar-refractivity contribution in [3.63, 3.8) is 0 Å². The van der Waals surface area contributed by atoms with E-state index in [1.54, 1.807) is 41.5 Å². The molecule has 0 saturated carbocycles. The van der Waals surface area contributed by atoms with Gasteiger partial charge in [0, 0.05) is 37.3 Å². The van der Waals surface area contributed by atoms with E-state index in [0.717, 1.165) is 0 Å². The number of esters is 1. The summed E-state index contributed by atoms with van der Waals surface area (Å²) in [5.74, 6) is -4.98. The number of Topliss-reactive ketones (excluding diaryl/α,β-unsaturated/α-hetero) is 1. The molecule has 0 amide bonds. The Balaban J connectivity index is 2.18. The minimum atomic E-state index is -1.99. The van der Waals surface area contributed by atoms with Crippen LogP contribution < -0.4 is 0 Å². The largest absolute Gasteiger partial charge is 0.459 e. The number of ketones is 1. The topological polar surface area (TPSA) is 194 Å². The first-order chi connectivity index (χ1) is 23.4. The predicted molar refractivity (Wildman–Crippen MR) is 186 cm³/mol. The van der Waals surface area contributed by atoms with Gasteiger partial charge in [0.1, 0.15) is 29.7 Å². The molecule has 0 bridgehead atoms. The van der Waals surface area contributed by atoms with Crippen LogP contribution in [0.3, 0.4) is 0 Å². The molecule has 3 aliphatic heterocycles. The van der Waals surface area contributed by atoms with Crippen molar-refractivity contribution in [3.8, 4) is 0 Å². The molecule has 0 aromatic heterocycles. The van der Waals surface area contributed by atoms with Gasteiger partial charge in [-0.15, -0.1) is 0 Å². The Morgan fingerprint density at radius 2 is 1.49 bits per heavy atom. The van der Waals surface area contributed by atoms with Crippen LogP contribution >= 0.6 is 0 Å². The quantitative estimate of drug-likeness (QED) is 0.238. The molecule has 51 heavy (non-hydrogen) atoms. The maximum Gasteiger partial charge on any atom is 0.311 e. The number of carbonyl (C=O) groups excluding carboxylic acids is 2. The molecule has 0 aromatic rings. The average molecular weight is 734 g/mol. The number of likely N-dealkylation sites (N-methyl/N-ethyl adjacent to an activating group) is 1. The highest BCUT2D eigenvalue weighted by molar-refractivity contribution is 5.83.